The Labute approximate surface area is 138 Å². The molecule has 0 fully saturated rings. The number of alkyl halides is 3. The highest BCUT2D eigenvalue weighted by atomic mass is 32.2. The molecule has 0 amide bonds. The molecule has 0 saturated carbocycles. The Balaban J connectivity index is 1.87. The number of nitrogens with one attached hydrogen (secondary N) is 1. The van der Waals surface area contributed by atoms with E-state index in [0.717, 1.165) is 17.8 Å². The first-order chi connectivity index (χ1) is 11.3. The summed E-state index contributed by atoms with van der Waals surface area (Å²) in [7, 11) is 0. The van der Waals surface area contributed by atoms with Crippen LogP contribution in [0, 0.1) is 6.92 Å². The molecular weight excluding hydrogens is 341 g/mol. The van der Waals surface area contributed by atoms with Gasteiger partial charge in [-0.2, -0.15) is 13.2 Å². The Morgan fingerprint density at radius 1 is 1.17 bits per heavy atom. The number of benzene rings is 1. The van der Waals surface area contributed by atoms with Crippen molar-refractivity contribution in [2.75, 3.05) is 0 Å². The summed E-state index contributed by atoms with van der Waals surface area (Å²) in [5, 5.41) is -0.0447. The maximum Gasteiger partial charge on any atom is 0.433 e. The molecule has 2 heterocycles. The van der Waals surface area contributed by atoms with Crippen LogP contribution in [0.4, 0.5) is 13.2 Å². The molecule has 24 heavy (non-hydrogen) atoms. The van der Waals surface area contributed by atoms with E-state index >= 15 is 0 Å². The van der Waals surface area contributed by atoms with Crippen molar-refractivity contribution in [2.24, 2.45) is 0 Å². The van der Waals surface area contributed by atoms with Gasteiger partial charge in [0.2, 0.25) is 0 Å². The van der Waals surface area contributed by atoms with E-state index in [2.05, 4.69) is 19.9 Å². The van der Waals surface area contributed by atoms with Crippen LogP contribution in [0.5, 0.6) is 0 Å². The van der Waals surface area contributed by atoms with Crippen molar-refractivity contribution < 1.29 is 13.2 Å². The van der Waals surface area contributed by atoms with Crippen LogP contribution in [-0.4, -0.2) is 19.9 Å². The molecule has 0 saturated heterocycles. The van der Waals surface area contributed by atoms with Crippen LogP contribution in [0.3, 0.4) is 0 Å². The number of nitrogens with zero attached hydrogens (tertiary/aromatic N) is 3. The number of aromatic amines is 1. The summed E-state index contributed by atoms with van der Waals surface area (Å²) in [6, 6.07) is 7.90. The van der Waals surface area contributed by atoms with Gasteiger partial charge in [0.1, 0.15) is 11.4 Å². The Bertz CT molecular complexity index is 955. The number of rotatable bonds is 3. The fourth-order valence-corrected chi connectivity index (χ4v) is 2.88. The van der Waals surface area contributed by atoms with Crippen LogP contribution in [-0.2, 0) is 11.9 Å². The Hall–Kier alpha value is -2.42. The van der Waals surface area contributed by atoms with Crippen LogP contribution >= 0.6 is 11.8 Å². The molecule has 9 heteroatoms. The van der Waals surface area contributed by atoms with Crippen LogP contribution in [0.2, 0.25) is 0 Å². The molecule has 124 valence electrons. The predicted molar refractivity (Wildman–Crippen MR) is 83.7 cm³/mol. The average Bonchev–Trinajstić information content (AvgIpc) is 2.51. The quantitative estimate of drug-likeness (QED) is 0.578. The summed E-state index contributed by atoms with van der Waals surface area (Å²) in [6.45, 7) is 1.46. The number of halogens is 3. The van der Waals surface area contributed by atoms with Crippen molar-refractivity contribution in [1.29, 1.82) is 0 Å². The lowest BCUT2D eigenvalue weighted by Gasteiger charge is -2.08. The molecule has 1 N–H and O–H groups in total. The third-order valence-corrected chi connectivity index (χ3v) is 3.99. The molecule has 0 aliphatic heterocycles. The van der Waals surface area contributed by atoms with Gasteiger partial charge in [-0.05, 0) is 25.1 Å². The monoisotopic (exact) mass is 352 g/mol. The number of aryl methyl sites for hydroxylation is 1. The van der Waals surface area contributed by atoms with Crippen molar-refractivity contribution in [1.82, 2.24) is 19.9 Å². The van der Waals surface area contributed by atoms with E-state index in [9.17, 15) is 18.0 Å². The third kappa shape index (κ3) is 3.56. The van der Waals surface area contributed by atoms with Crippen molar-refractivity contribution in [3.63, 3.8) is 0 Å². The molecule has 5 nitrogen and oxygen atoms in total. The number of fused-ring (bicyclic) bond motifs is 1. The van der Waals surface area contributed by atoms with Gasteiger partial charge >= 0.3 is 6.18 Å². The summed E-state index contributed by atoms with van der Waals surface area (Å²) in [6.07, 6.45) is -4.54. The van der Waals surface area contributed by atoms with Gasteiger partial charge in [-0.25, -0.2) is 15.0 Å². The smallest absolute Gasteiger partial charge is 0.319 e. The number of hydrogen-bond acceptors (Lipinski definition) is 5. The summed E-state index contributed by atoms with van der Waals surface area (Å²) < 4.78 is 38.3. The molecule has 0 atom stereocenters. The Morgan fingerprint density at radius 3 is 2.67 bits per heavy atom. The highest BCUT2D eigenvalue weighted by Gasteiger charge is 2.33. The lowest BCUT2D eigenvalue weighted by atomic mass is 10.3. The fraction of sp³-hybridized carbons (Fsp3) is 0.200. The van der Waals surface area contributed by atoms with Crippen LogP contribution < -0.4 is 5.56 Å². The first-order valence-corrected chi connectivity index (χ1v) is 7.85. The standard InChI is InChI=1S/C15H11F3N4OS/c1-8-6-12(15(16,17)18)22-14(19-8)24-7-11-13(23)21-10-5-3-2-4-9(10)20-11/h2-6H,7H2,1H3,(H,21,23). The normalized spacial score (nSPS) is 11.8. The number of para-hydroxylation sites is 2. The summed E-state index contributed by atoms with van der Waals surface area (Å²) >= 11 is 0.936. The molecule has 0 aliphatic carbocycles. The van der Waals surface area contributed by atoms with Gasteiger partial charge in [0.25, 0.3) is 5.56 Å². The Kier molecular flexibility index (Phi) is 4.27. The second-order valence-corrected chi connectivity index (χ2v) is 5.94. The van der Waals surface area contributed by atoms with E-state index < -0.39 is 11.9 Å². The first kappa shape index (κ1) is 16.4. The second kappa shape index (κ2) is 6.23. The molecular formula is C15H11F3N4OS. The molecule has 0 bridgehead atoms. The molecule has 1 aromatic carbocycles. The average molecular weight is 352 g/mol. The topological polar surface area (TPSA) is 71.5 Å². The lowest BCUT2D eigenvalue weighted by molar-refractivity contribution is -0.141. The van der Waals surface area contributed by atoms with E-state index in [4.69, 9.17) is 0 Å². The molecule has 3 aromatic rings. The van der Waals surface area contributed by atoms with E-state index in [1.54, 1.807) is 24.3 Å². The highest BCUT2D eigenvalue weighted by Crippen LogP contribution is 2.29. The summed E-state index contributed by atoms with van der Waals surface area (Å²) in [5.74, 6) is 0.0704. The van der Waals surface area contributed by atoms with Crippen LogP contribution in [0.25, 0.3) is 11.0 Å². The van der Waals surface area contributed by atoms with E-state index in [-0.39, 0.29) is 27.9 Å². The summed E-state index contributed by atoms with van der Waals surface area (Å²) in [4.78, 5) is 26.4. The number of hydrogen-bond donors (Lipinski definition) is 1. The molecule has 2 aromatic heterocycles. The largest absolute Gasteiger partial charge is 0.433 e. The van der Waals surface area contributed by atoms with Gasteiger partial charge < -0.3 is 4.98 Å². The van der Waals surface area contributed by atoms with Crippen molar-refractivity contribution >= 4 is 22.8 Å². The van der Waals surface area contributed by atoms with Gasteiger partial charge in [-0.3, -0.25) is 4.79 Å². The molecule has 0 unspecified atom stereocenters. The van der Waals surface area contributed by atoms with Gasteiger partial charge in [-0.15, -0.1) is 0 Å². The first-order valence-electron chi connectivity index (χ1n) is 6.86. The lowest BCUT2D eigenvalue weighted by Crippen LogP contribution is -2.14. The second-order valence-electron chi connectivity index (χ2n) is 4.99. The fourth-order valence-electron chi connectivity index (χ4n) is 2.05. The molecule has 3 rings (SSSR count). The van der Waals surface area contributed by atoms with Gasteiger partial charge in [0.05, 0.1) is 11.0 Å². The third-order valence-electron chi connectivity index (χ3n) is 3.13. The van der Waals surface area contributed by atoms with Crippen molar-refractivity contribution in [2.45, 2.75) is 24.0 Å². The number of aromatic nitrogens is 4. The van der Waals surface area contributed by atoms with Crippen molar-refractivity contribution in [3.05, 3.63) is 57.8 Å². The van der Waals surface area contributed by atoms with Gasteiger partial charge in [-0.1, -0.05) is 23.9 Å². The number of H-pyrrole nitrogens is 1. The minimum atomic E-state index is -4.54. The van der Waals surface area contributed by atoms with Crippen LogP contribution in [0.1, 0.15) is 17.1 Å². The minimum absolute atomic E-state index is 0.0447. The zero-order valence-corrected chi connectivity index (χ0v) is 13.2. The zero-order valence-electron chi connectivity index (χ0n) is 12.4. The SMILES string of the molecule is Cc1cc(C(F)(F)F)nc(SCc2nc3ccccc3[nH]c2=O)n1. The molecule has 0 aliphatic rings. The minimum Gasteiger partial charge on any atom is -0.319 e. The van der Waals surface area contributed by atoms with E-state index in [1.165, 1.54) is 6.92 Å². The predicted octanol–water partition coefficient (Wildman–Crippen LogP) is 3.33. The van der Waals surface area contributed by atoms with E-state index in [1.807, 2.05) is 0 Å². The van der Waals surface area contributed by atoms with Crippen molar-refractivity contribution in [3.8, 4) is 0 Å². The van der Waals surface area contributed by atoms with Gasteiger partial charge in [0, 0.05) is 11.4 Å². The highest BCUT2D eigenvalue weighted by molar-refractivity contribution is 7.98. The maximum atomic E-state index is 12.8. The molecule has 0 radical (unpaired) electrons. The number of thioether (sulfide) groups is 1. The summed E-state index contributed by atoms with van der Waals surface area (Å²) in [5.41, 5.74) is 0.233. The van der Waals surface area contributed by atoms with Crippen LogP contribution in [0.15, 0.2) is 40.3 Å². The maximum absolute atomic E-state index is 12.8. The molecule has 0 spiro atoms. The van der Waals surface area contributed by atoms with E-state index in [0.29, 0.717) is 11.0 Å². The zero-order chi connectivity index (χ0) is 17.3. The van der Waals surface area contributed by atoms with Gasteiger partial charge in [0.15, 0.2) is 5.16 Å². The Morgan fingerprint density at radius 2 is 1.92 bits per heavy atom.